The molecule has 0 unspecified atom stereocenters. The van der Waals surface area contributed by atoms with E-state index >= 15 is 0 Å². The molecule has 2 rings (SSSR count). The number of rotatable bonds is 7. The standard InChI is InChI=1S/C16H26N2O3S.ClH/c1-3-11-18-12-9-14(10-13-18)17-22(19,20)16-7-5-15(6-8-16)21-4-2;/h5-8,14,17H,3-4,9-13H2,1-2H3;1H. The highest BCUT2D eigenvalue weighted by molar-refractivity contribution is 7.89. The predicted octanol–water partition coefficient (Wildman–Crippen LogP) is 2.66. The summed E-state index contributed by atoms with van der Waals surface area (Å²) in [6.45, 7) is 7.66. The lowest BCUT2D eigenvalue weighted by Gasteiger charge is -2.31. The van der Waals surface area contributed by atoms with Gasteiger partial charge in [0.05, 0.1) is 11.5 Å². The first kappa shape index (κ1) is 20.2. The molecule has 0 spiro atoms. The van der Waals surface area contributed by atoms with Crippen molar-refractivity contribution in [2.24, 2.45) is 0 Å². The molecule has 132 valence electrons. The van der Waals surface area contributed by atoms with Crippen LogP contribution >= 0.6 is 12.4 Å². The van der Waals surface area contributed by atoms with Crippen LogP contribution in [0.25, 0.3) is 0 Å². The third kappa shape index (κ3) is 5.95. The van der Waals surface area contributed by atoms with Crippen molar-refractivity contribution in [1.82, 2.24) is 9.62 Å². The summed E-state index contributed by atoms with van der Waals surface area (Å²) in [5, 5.41) is 0. The fraction of sp³-hybridized carbons (Fsp3) is 0.625. The number of halogens is 1. The minimum Gasteiger partial charge on any atom is -0.494 e. The van der Waals surface area contributed by atoms with Gasteiger partial charge in [0.15, 0.2) is 0 Å². The molecule has 5 nitrogen and oxygen atoms in total. The van der Waals surface area contributed by atoms with Gasteiger partial charge in [-0.15, -0.1) is 12.4 Å². The van der Waals surface area contributed by atoms with Crippen molar-refractivity contribution in [1.29, 1.82) is 0 Å². The van der Waals surface area contributed by atoms with E-state index in [1.54, 1.807) is 24.3 Å². The Kier molecular flexibility index (Phi) is 8.33. The van der Waals surface area contributed by atoms with Crippen LogP contribution in [0.1, 0.15) is 33.1 Å². The van der Waals surface area contributed by atoms with E-state index in [2.05, 4.69) is 16.5 Å². The molecule has 1 aromatic carbocycles. The molecule has 1 aromatic rings. The maximum Gasteiger partial charge on any atom is 0.240 e. The van der Waals surface area contributed by atoms with Gasteiger partial charge in [0, 0.05) is 6.04 Å². The summed E-state index contributed by atoms with van der Waals surface area (Å²) in [7, 11) is -3.45. The Labute approximate surface area is 145 Å². The minimum atomic E-state index is -3.45. The SMILES string of the molecule is CCCN1CCC(NS(=O)(=O)c2ccc(OCC)cc2)CC1.Cl. The zero-order valence-corrected chi connectivity index (χ0v) is 15.5. The number of benzene rings is 1. The molecule has 0 aromatic heterocycles. The quantitative estimate of drug-likeness (QED) is 0.810. The molecule has 1 aliphatic rings. The van der Waals surface area contributed by atoms with E-state index in [1.165, 1.54) is 0 Å². The number of hydrogen-bond donors (Lipinski definition) is 1. The summed E-state index contributed by atoms with van der Waals surface area (Å²) in [5.41, 5.74) is 0. The Hall–Kier alpha value is -0.820. The van der Waals surface area contributed by atoms with Gasteiger partial charge >= 0.3 is 0 Å². The van der Waals surface area contributed by atoms with E-state index in [-0.39, 0.29) is 18.4 Å². The molecule has 0 radical (unpaired) electrons. The maximum atomic E-state index is 12.4. The lowest BCUT2D eigenvalue weighted by Crippen LogP contribution is -2.44. The fourth-order valence-electron chi connectivity index (χ4n) is 2.76. The van der Waals surface area contributed by atoms with Crippen molar-refractivity contribution < 1.29 is 13.2 Å². The molecule has 0 bridgehead atoms. The maximum absolute atomic E-state index is 12.4. The molecule has 0 amide bonds. The van der Waals surface area contributed by atoms with Crippen LogP contribution < -0.4 is 9.46 Å². The van der Waals surface area contributed by atoms with Crippen molar-refractivity contribution in [3.8, 4) is 5.75 Å². The summed E-state index contributed by atoms with van der Waals surface area (Å²) in [6, 6.07) is 6.62. The van der Waals surface area contributed by atoms with E-state index < -0.39 is 10.0 Å². The Bertz CT molecular complexity index is 555. The van der Waals surface area contributed by atoms with Gasteiger partial charge in [0.25, 0.3) is 0 Å². The number of nitrogens with zero attached hydrogens (tertiary/aromatic N) is 1. The monoisotopic (exact) mass is 362 g/mol. The third-order valence-corrected chi connectivity index (χ3v) is 5.43. The number of nitrogens with one attached hydrogen (secondary N) is 1. The summed E-state index contributed by atoms with van der Waals surface area (Å²) >= 11 is 0. The number of hydrogen-bond acceptors (Lipinski definition) is 4. The van der Waals surface area contributed by atoms with Gasteiger partial charge in [-0.25, -0.2) is 13.1 Å². The lowest BCUT2D eigenvalue weighted by molar-refractivity contribution is 0.208. The van der Waals surface area contributed by atoms with E-state index in [1.807, 2.05) is 6.92 Å². The summed E-state index contributed by atoms with van der Waals surface area (Å²) in [4.78, 5) is 2.69. The van der Waals surface area contributed by atoms with Crippen LogP contribution in [-0.4, -0.2) is 45.6 Å². The molecule has 1 N–H and O–H groups in total. The van der Waals surface area contributed by atoms with Crippen molar-refractivity contribution >= 4 is 22.4 Å². The van der Waals surface area contributed by atoms with Crippen LogP contribution in [0, 0.1) is 0 Å². The zero-order chi connectivity index (χ0) is 16.0. The van der Waals surface area contributed by atoms with E-state index in [9.17, 15) is 8.42 Å². The first-order chi connectivity index (χ1) is 10.5. The zero-order valence-electron chi connectivity index (χ0n) is 13.8. The van der Waals surface area contributed by atoms with Crippen molar-refractivity contribution in [3.05, 3.63) is 24.3 Å². The van der Waals surface area contributed by atoms with Crippen LogP contribution in [0.2, 0.25) is 0 Å². The molecular formula is C16H27ClN2O3S. The smallest absolute Gasteiger partial charge is 0.240 e. The topological polar surface area (TPSA) is 58.6 Å². The van der Waals surface area contributed by atoms with Crippen LogP contribution in [0.15, 0.2) is 29.2 Å². The largest absolute Gasteiger partial charge is 0.494 e. The molecule has 23 heavy (non-hydrogen) atoms. The van der Waals surface area contributed by atoms with Gasteiger partial charge in [-0.05, 0) is 70.1 Å². The number of likely N-dealkylation sites (tertiary alicyclic amines) is 1. The second-order valence-corrected chi connectivity index (χ2v) is 7.36. The Morgan fingerprint density at radius 2 is 1.78 bits per heavy atom. The first-order valence-electron chi connectivity index (χ1n) is 8.02. The number of piperidine rings is 1. The molecule has 7 heteroatoms. The molecule has 0 saturated carbocycles. The summed E-state index contributed by atoms with van der Waals surface area (Å²) in [5.74, 6) is 0.689. The second kappa shape index (κ2) is 9.47. The van der Waals surface area contributed by atoms with Gasteiger partial charge in [-0.1, -0.05) is 6.92 Å². The van der Waals surface area contributed by atoms with Gasteiger partial charge < -0.3 is 9.64 Å². The Balaban J connectivity index is 0.00000264. The molecule has 1 saturated heterocycles. The van der Waals surface area contributed by atoms with Crippen LogP contribution in [-0.2, 0) is 10.0 Å². The van der Waals surface area contributed by atoms with Crippen LogP contribution in [0.3, 0.4) is 0 Å². The third-order valence-electron chi connectivity index (χ3n) is 3.89. The van der Waals surface area contributed by atoms with E-state index in [0.29, 0.717) is 17.3 Å². The number of ether oxygens (including phenoxy) is 1. The highest BCUT2D eigenvalue weighted by Gasteiger charge is 2.24. The molecular weight excluding hydrogens is 336 g/mol. The van der Waals surface area contributed by atoms with Gasteiger partial charge in [-0.2, -0.15) is 0 Å². The van der Waals surface area contributed by atoms with E-state index in [4.69, 9.17) is 4.74 Å². The van der Waals surface area contributed by atoms with Gasteiger partial charge in [-0.3, -0.25) is 0 Å². The first-order valence-corrected chi connectivity index (χ1v) is 9.51. The average Bonchev–Trinajstić information content (AvgIpc) is 2.50. The molecule has 1 fully saturated rings. The molecule has 1 aliphatic heterocycles. The Morgan fingerprint density at radius 1 is 1.17 bits per heavy atom. The predicted molar refractivity (Wildman–Crippen MR) is 94.9 cm³/mol. The summed E-state index contributed by atoms with van der Waals surface area (Å²) < 4.78 is 33.0. The van der Waals surface area contributed by atoms with Gasteiger partial charge in [0.2, 0.25) is 10.0 Å². The Morgan fingerprint density at radius 3 is 2.30 bits per heavy atom. The minimum absolute atomic E-state index is 0. The van der Waals surface area contributed by atoms with Gasteiger partial charge in [0.1, 0.15) is 5.75 Å². The summed E-state index contributed by atoms with van der Waals surface area (Å²) in [6.07, 6.45) is 2.88. The van der Waals surface area contributed by atoms with E-state index in [0.717, 1.165) is 38.9 Å². The molecule has 0 atom stereocenters. The highest BCUT2D eigenvalue weighted by atomic mass is 35.5. The average molecular weight is 363 g/mol. The molecule has 0 aliphatic carbocycles. The van der Waals surface area contributed by atoms with Crippen molar-refractivity contribution in [2.45, 2.75) is 44.0 Å². The lowest BCUT2D eigenvalue weighted by atomic mass is 10.1. The van der Waals surface area contributed by atoms with Crippen LogP contribution in [0.4, 0.5) is 0 Å². The normalized spacial score (nSPS) is 16.8. The molecule has 1 heterocycles. The second-order valence-electron chi connectivity index (χ2n) is 5.64. The van der Waals surface area contributed by atoms with Crippen LogP contribution in [0.5, 0.6) is 5.75 Å². The highest BCUT2D eigenvalue weighted by Crippen LogP contribution is 2.18. The number of sulfonamides is 1. The van der Waals surface area contributed by atoms with Crippen molar-refractivity contribution in [2.75, 3.05) is 26.2 Å². The fourth-order valence-corrected chi connectivity index (χ4v) is 4.06. The van der Waals surface area contributed by atoms with Crippen molar-refractivity contribution in [3.63, 3.8) is 0 Å².